The Balaban J connectivity index is 2.38. The Labute approximate surface area is 117 Å². The first-order valence-corrected chi connectivity index (χ1v) is 7.68. The largest absolute Gasteiger partial charge is 0.383 e. The fourth-order valence-electron chi connectivity index (χ4n) is 1.73. The van der Waals surface area contributed by atoms with Crippen LogP contribution in [0, 0.1) is 11.8 Å². The molecule has 0 amide bonds. The first-order valence-electron chi connectivity index (χ1n) is 6.07. The molecule has 0 aliphatic heterocycles. The summed E-state index contributed by atoms with van der Waals surface area (Å²) in [5.41, 5.74) is 0. The third kappa shape index (κ3) is 6.00. The highest BCUT2D eigenvalue weighted by Gasteiger charge is 2.14. The summed E-state index contributed by atoms with van der Waals surface area (Å²) in [5.74, 6) is 1.39. The molecule has 1 aromatic rings. The van der Waals surface area contributed by atoms with Gasteiger partial charge in [0.2, 0.25) is 0 Å². The fourth-order valence-corrected chi connectivity index (χ4v) is 3.30. The Morgan fingerprint density at radius 3 is 2.71 bits per heavy atom. The van der Waals surface area contributed by atoms with Gasteiger partial charge < -0.3 is 10.1 Å². The molecular formula is C13H22BrNOS. The third-order valence-electron chi connectivity index (χ3n) is 2.92. The van der Waals surface area contributed by atoms with Gasteiger partial charge in [-0.25, -0.2) is 0 Å². The zero-order chi connectivity index (χ0) is 12.7. The molecule has 1 atom stereocenters. The van der Waals surface area contributed by atoms with Crippen molar-refractivity contribution in [2.24, 2.45) is 11.8 Å². The normalized spacial score (nSPS) is 13.2. The standard InChI is InChI=1S/C13H22BrNOS/c1-10(2)11(9-15-6-7-16-3)8-12-4-5-13(14)17-12/h4-5,10-11,15H,6-9H2,1-3H3. The number of rotatable bonds is 8. The molecule has 0 fully saturated rings. The van der Waals surface area contributed by atoms with Gasteiger partial charge in [-0.05, 0) is 52.9 Å². The van der Waals surface area contributed by atoms with Crippen LogP contribution in [0.2, 0.25) is 0 Å². The fraction of sp³-hybridized carbons (Fsp3) is 0.692. The molecule has 2 nitrogen and oxygen atoms in total. The van der Waals surface area contributed by atoms with Gasteiger partial charge in [-0.1, -0.05) is 13.8 Å². The van der Waals surface area contributed by atoms with Crippen molar-refractivity contribution in [3.05, 3.63) is 20.8 Å². The van der Waals surface area contributed by atoms with Crippen LogP contribution in [0.3, 0.4) is 0 Å². The summed E-state index contributed by atoms with van der Waals surface area (Å²) in [5, 5.41) is 3.46. The SMILES string of the molecule is COCCNCC(Cc1ccc(Br)s1)C(C)C. The van der Waals surface area contributed by atoms with E-state index < -0.39 is 0 Å². The quantitative estimate of drug-likeness (QED) is 0.740. The van der Waals surface area contributed by atoms with E-state index in [1.54, 1.807) is 7.11 Å². The van der Waals surface area contributed by atoms with Crippen LogP contribution in [-0.2, 0) is 11.2 Å². The minimum absolute atomic E-state index is 0.692. The van der Waals surface area contributed by atoms with E-state index in [-0.39, 0.29) is 0 Å². The van der Waals surface area contributed by atoms with Gasteiger partial charge in [0.15, 0.2) is 0 Å². The second-order valence-electron chi connectivity index (χ2n) is 4.61. The van der Waals surface area contributed by atoms with Crippen molar-refractivity contribution in [3.63, 3.8) is 0 Å². The lowest BCUT2D eigenvalue weighted by atomic mass is 9.92. The molecular weight excluding hydrogens is 298 g/mol. The maximum atomic E-state index is 5.04. The van der Waals surface area contributed by atoms with Crippen LogP contribution in [-0.4, -0.2) is 26.8 Å². The monoisotopic (exact) mass is 319 g/mol. The second kappa shape index (κ2) is 8.25. The summed E-state index contributed by atoms with van der Waals surface area (Å²) in [7, 11) is 1.74. The van der Waals surface area contributed by atoms with Gasteiger partial charge in [-0.2, -0.15) is 0 Å². The zero-order valence-corrected chi connectivity index (χ0v) is 13.2. The van der Waals surface area contributed by atoms with Gasteiger partial charge in [0.1, 0.15) is 0 Å². The van der Waals surface area contributed by atoms with E-state index in [2.05, 4.69) is 47.2 Å². The molecule has 1 rings (SSSR count). The Morgan fingerprint density at radius 1 is 1.41 bits per heavy atom. The molecule has 98 valence electrons. The molecule has 17 heavy (non-hydrogen) atoms. The van der Waals surface area contributed by atoms with E-state index in [9.17, 15) is 0 Å². The molecule has 0 radical (unpaired) electrons. The number of hydrogen-bond acceptors (Lipinski definition) is 3. The van der Waals surface area contributed by atoms with Gasteiger partial charge in [0.05, 0.1) is 10.4 Å². The molecule has 0 bridgehead atoms. The minimum atomic E-state index is 0.692. The van der Waals surface area contributed by atoms with Crippen LogP contribution < -0.4 is 5.32 Å². The molecule has 1 N–H and O–H groups in total. The number of methoxy groups -OCH3 is 1. The first-order chi connectivity index (χ1) is 8.13. The third-order valence-corrected chi connectivity index (χ3v) is 4.57. The van der Waals surface area contributed by atoms with E-state index in [0.29, 0.717) is 11.8 Å². The molecule has 1 unspecified atom stereocenters. The highest BCUT2D eigenvalue weighted by molar-refractivity contribution is 9.11. The van der Waals surface area contributed by atoms with Gasteiger partial charge in [-0.15, -0.1) is 11.3 Å². The molecule has 1 heterocycles. The lowest BCUT2D eigenvalue weighted by Crippen LogP contribution is -2.29. The minimum Gasteiger partial charge on any atom is -0.383 e. The molecule has 1 aromatic heterocycles. The average Bonchev–Trinajstić information content (AvgIpc) is 2.68. The van der Waals surface area contributed by atoms with Gasteiger partial charge in [0.25, 0.3) is 0 Å². The van der Waals surface area contributed by atoms with Crippen molar-refractivity contribution in [2.45, 2.75) is 20.3 Å². The predicted molar refractivity (Wildman–Crippen MR) is 78.8 cm³/mol. The van der Waals surface area contributed by atoms with E-state index in [4.69, 9.17) is 4.74 Å². The van der Waals surface area contributed by atoms with E-state index in [0.717, 1.165) is 26.1 Å². The molecule has 0 spiro atoms. The van der Waals surface area contributed by atoms with Crippen LogP contribution >= 0.6 is 27.3 Å². The molecule has 0 aliphatic rings. The number of hydrogen-bond donors (Lipinski definition) is 1. The zero-order valence-electron chi connectivity index (χ0n) is 10.8. The van der Waals surface area contributed by atoms with Crippen LogP contribution in [0.5, 0.6) is 0 Å². The van der Waals surface area contributed by atoms with Crippen LogP contribution in [0.1, 0.15) is 18.7 Å². The Bertz CT molecular complexity index is 314. The van der Waals surface area contributed by atoms with Crippen LogP contribution in [0.25, 0.3) is 0 Å². The van der Waals surface area contributed by atoms with Crippen molar-refractivity contribution in [1.82, 2.24) is 5.32 Å². The average molecular weight is 320 g/mol. The lowest BCUT2D eigenvalue weighted by molar-refractivity contribution is 0.196. The van der Waals surface area contributed by atoms with Crippen molar-refractivity contribution in [1.29, 1.82) is 0 Å². The summed E-state index contributed by atoms with van der Waals surface area (Å²) in [6.45, 7) is 7.39. The number of nitrogens with one attached hydrogen (secondary N) is 1. The predicted octanol–water partition coefficient (Wildman–Crippen LogP) is 3.56. The van der Waals surface area contributed by atoms with Crippen molar-refractivity contribution in [2.75, 3.05) is 26.8 Å². The number of halogens is 1. The summed E-state index contributed by atoms with van der Waals surface area (Å²) in [4.78, 5) is 1.46. The summed E-state index contributed by atoms with van der Waals surface area (Å²) >= 11 is 5.36. The number of thiophene rings is 1. The van der Waals surface area contributed by atoms with Crippen molar-refractivity contribution < 1.29 is 4.74 Å². The first kappa shape index (κ1) is 15.2. The molecule has 0 saturated heterocycles. The Hall–Kier alpha value is 0.1000. The smallest absolute Gasteiger partial charge is 0.0701 e. The molecule has 0 aromatic carbocycles. The highest BCUT2D eigenvalue weighted by atomic mass is 79.9. The van der Waals surface area contributed by atoms with Gasteiger partial charge >= 0.3 is 0 Å². The maximum absolute atomic E-state index is 5.04. The summed E-state index contributed by atoms with van der Waals surface area (Å²) in [6, 6.07) is 4.36. The van der Waals surface area contributed by atoms with E-state index >= 15 is 0 Å². The molecule has 0 aliphatic carbocycles. The molecule has 4 heteroatoms. The second-order valence-corrected chi connectivity index (χ2v) is 7.16. The van der Waals surface area contributed by atoms with E-state index in [1.807, 2.05) is 11.3 Å². The topological polar surface area (TPSA) is 21.3 Å². The maximum Gasteiger partial charge on any atom is 0.0701 e. The Kier molecular flexibility index (Phi) is 7.35. The number of ether oxygens (including phenoxy) is 1. The van der Waals surface area contributed by atoms with Gasteiger partial charge in [0, 0.05) is 18.5 Å². The lowest BCUT2D eigenvalue weighted by Gasteiger charge is -2.20. The van der Waals surface area contributed by atoms with E-state index in [1.165, 1.54) is 8.66 Å². The summed E-state index contributed by atoms with van der Waals surface area (Å²) in [6.07, 6.45) is 1.16. The summed E-state index contributed by atoms with van der Waals surface area (Å²) < 4.78 is 6.26. The Morgan fingerprint density at radius 2 is 2.18 bits per heavy atom. The molecule has 0 saturated carbocycles. The highest BCUT2D eigenvalue weighted by Crippen LogP contribution is 2.26. The van der Waals surface area contributed by atoms with Crippen LogP contribution in [0.4, 0.5) is 0 Å². The van der Waals surface area contributed by atoms with Crippen molar-refractivity contribution in [3.8, 4) is 0 Å². The van der Waals surface area contributed by atoms with Crippen LogP contribution in [0.15, 0.2) is 15.9 Å². The van der Waals surface area contributed by atoms with Gasteiger partial charge in [-0.3, -0.25) is 0 Å². The van der Waals surface area contributed by atoms with Crippen molar-refractivity contribution >= 4 is 27.3 Å².